The maximum absolute atomic E-state index is 11.7. The van der Waals surface area contributed by atoms with E-state index in [1.807, 2.05) is 19.1 Å². The smallest absolute Gasteiger partial charge is 0.429 e. The molecule has 3 atom stereocenters. The van der Waals surface area contributed by atoms with E-state index in [2.05, 4.69) is 28.7 Å². The molecule has 0 bridgehead atoms. The first kappa shape index (κ1) is 18.3. The summed E-state index contributed by atoms with van der Waals surface area (Å²) in [5.74, 6) is 0.365. The average Bonchev–Trinajstić information content (AvgIpc) is 2.58. The molecule has 0 radical (unpaired) electrons. The second-order valence-corrected chi connectivity index (χ2v) is 6.33. The normalized spacial score (nSPS) is 23.4. The largest absolute Gasteiger partial charge is 0.543 e. The van der Waals surface area contributed by atoms with Gasteiger partial charge in [-0.2, -0.15) is 0 Å². The van der Waals surface area contributed by atoms with Crippen LogP contribution in [-0.4, -0.2) is 18.2 Å². The lowest BCUT2D eigenvalue weighted by atomic mass is 9.80. The maximum Gasteiger partial charge on any atom is 0.543 e. The molecule has 6 nitrogen and oxygen atoms in total. The van der Waals surface area contributed by atoms with E-state index in [9.17, 15) is 9.59 Å². The van der Waals surface area contributed by atoms with Gasteiger partial charge in [0.05, 0.1) is 10.6 Å². The highest BCUT2D eigenvalue weighted by Crippen LogP contribution is 2.31. The minimum Gasteiger partial charge on any atom is -0.429 e. The van der Waals surface area contributed by atoms with E-state index in [0.29, 0.717) is 17.4 Å². The topological polar surface area (TPSA) is 71.1 Å². The molecule has 0 aliphatic heterocycles. The molecule has 0 amide bonds. The van der Waals surface area contributed by atoms with Crippen molar-refractivity contribution in [3.05, 3.63) is 35.4 Å². The van der Waals surface area contributed by atoms with Crippen LogP contribution in [0.2, 0.25) is 0 Å². The molecule has 1 aliphatic carbocycles. The summed E-state index contributed by atoms with van der Waals surface area (Å²) in [5, 5.41) is 4.23. The van der Waals surface area contributed by atoms with Crippen LogP contribution in [0.15, 0.2) is 24.3 Å². The Bertz CT molecular complexity index is 553. The molecular formula is C18H24O6. The summed E-state index contributed by atoms with van der Waals surface area (Å²) < 4.78 is 5.15. The highest BCUT2D eigenvalue weighted by Gasteiger charge is 2.28. The van der Waals surface area contributed by atoms with Crippen molar-refractivity contribution < 1.29 is 29.1 Å². The number of ether oxygens (including phenoxy) is 1. The predicted octanol–water partition coefficient (Wildman–Crippen LogP) is 4.23. The Hall–Kier alpha value is -2.08. The van der Waals surface area contributed by atoms with Crippen LogP contribution in [0.1, 0.15) is 56.0 Å². The molecule has 0 aromatic heterocycles. The second kappa shape index (κ2) is 8.68. The first-order valence-electron chi connectivity index (χ1n) is 8.34. The molecule has 1 aromatic rings. The minimum atomic E-state index is -1.00. The number of carbonyl (C=O) groups excluding carboxylic acids is 2. The molecule has 0 saturated heterocycles. The number of hydrogen-bond donors (Lipinski definition) is 0. The molecule has 0 spiro atoms. The summed E-state index contributed by atoms with van der Waals surface area (Å²) in [7, 11) is 0. The van der Waals surface area contributed by atoms with Gasteiger partial charge in [-0.1, -0.05) is 32.9 Å². The third kappa shape index (κ3) is 5.23. The van der Waals surface area contributed by atoms with Gasteiger partial charge in [0.1, 0.15) is 6.10 Å². The Morgan fingerprint density at radius 1 is 1.04 bits per heavy atom. The monoisotopic (exact) mass is 336 g/mol. The lowest BCUT2D eigenvalue weighted by molar-refractivity contribution is -0.453. The van der Waals surface area contributed by atoms with Crippen LogP contribution in [0.25, 0.3) is 0 Å². The molecule has 1 aromatic carbocycles. The predicted molar refractivity (Wildman–Crippen MR) is 85.9 cm³/mol. The fourth-order valence-corrected chi connectivity index (χ4v) is 2.76. The van der Waals surface area contributed by atoms with E-state index in [0.717, 1.165) is 31.2 Å². The Morgan fingerprint density at radius 2 is 1.75 bits per heavy atom. The van der Waals surface area contributed by atoms with Crippen molar-refractivity contribution in [3.8, 4) is 0 Å². The number of rotatable bonds is 5. The number of benzene rings is 1. The van der Waals surface area contributed by atoms with Gasteiger partial charge in [0.25, 0.3) is 0 Å². The van der Waals surface area contributed by atoms with Crippen LogP contribution in [0, 0.1) is 11.8 Å². The molecule has 1 aliphatic rings. The Labute approximate surface area is 141 Å². The van der Waals surface area contributed by atoms with Gasteiger partial charge in [-0.05, 0) is 55.2 Å². The fourth-order valence-electron chi connectivity index (χ4n) is 2.76. The molecule has 2 rings (SSSR count). The van der Waals surface area contributed by atoms with Crippen molar-refractivity contribution in [1.29, 1.82) is 0 Å². The van der Waals surface area contributed by atoms with Crippen LogP contribution in [0.5, 0.6) is 0 Å². The van der Waals surface area contributed by atoms with E-state index in [1.54, 1.807) is 12.1 Å². The summed E-state index contributed by atoms with van der Waals surface area (Å²) in [6.45, 7) is 6.34. The van der Waals surface area contributed by atoms with E-state index in [1.165, 1.54) is 0 Å². The molecule has 24 heavy (non-hydrogen) atoms. The number of carbonyl (C=O) groups is 2. The zero-order valence-electron chi connectivity index (χ0n) is 14.3. The Kier molecular flexibility index (Phi) is 6.61. The van der Waals surface area contributed by atoms with E-state index in [-0.39, 0.29) is 6.10 Å². The molecule has 6 heteroatoms. The quantitative estimate of drug-likeness (QED) is 0.455. The number of aryl methyl sites for hydroxylation is 1. The maximum atomic E-state index is 11.7. The number of hydrogen-bond acceptors (Lipinski definition) is 6. The van der Waals surface area contributed by atoms with Crippen molar-refractivity contribution in [3.63, 3.8) is 0 Å². The highest BCUT2D eigenvalue weighted by molar-refractivity contribution is 5.88. The molecule has 1 fully saturated rings. The fraction of sp³-hybridized carbons (Fsp3) is 0.556. The van der Waals surface area contributed by atoms with Gasteiger partial charge in [-0.15, -0.1) is 0 Å². The van der Waals surface area contributed by atoms with Crippen molar-refractivity contribution >= 4 is 12.1 Å². The van der Waals surface area contributed by atoms with Gasteiger partial charge in [-0.25, -0.2) is 14.5 Å². The zero-order valence-corrected chi connectivity index (χ0v) is 14.3. The van der Waals surface area contributed by atoms with Gasteiger partial charge >= 0.3 is 12.1 Å². The first-order valence-corrected chi connectivity index (χ1v) is 8.34. The summed E-state index contributed by atoms with van der Waals surface area (Å²) in [4.78, 5) is 32.0. The van der Waals surface area contributed by atoms with Crippen LogP contribution < -0.4 is 0 Å². The van der Waals surface area contributed by atoms with Gasteiger partial charge in [0, 0.05) is 0 Å². The summed E-state index contributed by atoms with van der Waals surface area (Å²) >= 11 is 0. The SMILES string of the molecule is CCc1ccc(C(=O)OOOC(=O)OC2CCC(C)C(C)C2)cc1. The second-order valence-electron chi connectivity index (χ2n) is 6.33. The molecular weight excluding hydrogens is 312 g/mol. The third-order valence-electron chi connectivity index (χ3n) is 4.62. The lowest BCUT2D eigenvalue weighted by Crippen LogP contribution is -2.29. The standard InChI is InChI=1S/C18H24O6/c1-4-14-6-8-15(9-7-14)17(19)22-24-23-18(20)21-16-10-5-12(2)13(3)11-16/h6-9,12-13,16H,4-5,10-11H2,1-3H3. The van der Waals surface area contributed by atoms with Gasteiger partial charge in [0.15, 0.2) is 0 Å². The van der Waals surface area contributed by atoms with E-state index < -0.39 is 12.1 Å². The molecule has 0 heterocycles. The highest BCUT2D eigenvalue weighted by atomic mass is 17.5. The Balaban J connectivity index is 1.69. The van der Waals surface area contributed by atoms with Gasteiger partial charge < -0.3 is 4.74 Å². The van der Waals surface area contributed by atoms with Crippen molar-refractivity contribution in [1.82, 2.24) is 0 Å². The average molecular weight is 336 g/mol. The van der Waals surface area contributed by atoms with Gasteiger partial charge in [0.2, 0.25) is 0 Å². The lowest BCUT2D eigenvalue weighted by Gasteiger charge is -2.30. The molecule has 1 saturated carbocycles. The van der Waals surface area contributed by atoms with Crippen LogP contribution in [-0.2, 0) is 26.0 Å². The Morgan fingerprint density at radius 3 is 2.38 bits per heavy atom. The summed E-state index contributed by atoms with van der Waals surface area (Å²) in [5.41, 5.74) is 1.41. The third-order valence-corrected chi connectivity index (χ3v) is 4.62. The molecule has 3 unspecified atom stereocenters. The first-order chi connectivity index (χ1) is 11.5. The van der Waals surface area contributed by atoms with Crippen molar-refractivity contribution in [2.45, 2.75) is 52.6 Å². The van der Waals surface area contributed by atoms with Crippen LogP contribution in [0.3, 0.4) is 0 Å². The molecule has 0 N–H and O–H groups in total. The summed E-state index contributed by atoms with van der Waals surface area (Å²) in [6, 6.07) is 6.87. The van der Waals surface area contributed by atoms with E-state index in [4.69, 9.17) is 4.74 Å². The zero-order chi connectivity index (χ0) is 17.5. The van der Waals surface area contributed by atoms with Crippen molar-refractivity contribution in [2.24, 2.45) is 11.8 Å². The minimum absolute atomic E-state index is 0.190. The van der Waals surface area contributed by atoms with Gasteiger partial charge in [-0.3, -0.25) is 4.89 Å². The molecule has 132 valence electrons. The summed E-state index contributed by atoms with van der Waals surface area (Å²) in [6.07, 6.45) is 2.27. The van der Waals surface area contributed by atoms with Crippen LogP contribution in [0.4, 0.5) is 4.79 Å². The van der Waals surface area contributed by atoms with E-state index >= 15 is 0 Å². The van der Waals surface area contributed by atoms with Crippen molar-refractivity contribution in [2.75, 3.05) is 0 Å². The van der Waals surface area contributed by atoms with Crippen LogP contribution >= 0.6 is 0 Å².